The first-order valence-corrected chi connectivity index (χ1v) is 25.4. The van der Waals surface area contributed by atoms with Gasteiger partial charge in [0.25, 0.3) is 22.9 Å². The first-order chi connectivity index (χ1) is 36.4. The van der Waals surface area contributed by atoms with Gasteiger partial charge >= 0.3 is 0 Å². The van der Waals surface area contributed by atoms with E-state index in [1.54, 1.807) is 53.4 Å². The van der Waals surface area contributed by atoms with Crippen molar-refractivity contribution in [3.8, 4) is 17.6 Å². The molecule has 3 aliphatic carbocycles. The number of H-pyrrole nitrogens is 2. The van der Waals surface area contributed by atoms with Crippen LogP contribution in [0.5, 0.6) is 11.5 Å². The molecule has 3 saturated carbocycles. The molecular formula is C56H52F2N10O7. The molecule has 19 heteroatoms. The number of amides is 3. The van der Waals surface area contributed by atoms with Crippen LogP contribution in [0, 0.1) is 28.9 Å². The molecule has 2 aliphatic heterocycles. The second kappa shape index (κ2) is 20.8. The summed E-state index contributed by atoms with van der Waals surface area (Å²) in [5, 5.41) is 30.5. The predicted octanol–water partition coefficient (Wildman–Crippen LogP) is 6.40. The van der Waals surface area contributed by atoms with Gasteiger partial charge < -0.3 is 29.9 Å². The second-order valence-electron chi connectivity index (χ2n) is 20.0. The van der Waals surface area contributed by atoms with E-state index in [0.717, 1.165) is 57.2 Å². The van der Waals surface area contributed by atoms with Crippen molar-refractivity contribution in [2.75, 3.05) is 31.1 Å². The Balaban J connectivity index is 0.000000161. The Labute approximate surface area is 428 Å². The molecule has 5 aliphatic rings. The van der Waals surface area contributed by atoms with Crippen LogP contribution in [-0.2, 0) is 17.6 Å². The van der Waals surface area contributed by atoms with E-state index in [-0.39, 0.29) is 58.4 Å². The van der Waals surface area contributed by atoms with Crippen LogP contribution in [0.25, 0.3) is 21.5 Å². The number of fused-ring (bicyclic) bond motifs is 2. The third kappa shape index (κ3) is 10.8. The van der Waals surface area contributed by atoms with E-state index in [2.05, 4.69) is 36.0 Å². The average molecular weight is 1020 g/mol. The van der Waals surface area contributed by atoms with Gasteiger partial charge in [-0.3, -0.25) is 24.0 Å². The second-order valence-corrected chi connectivity index (χ2v) is 20.0. The number of benzene rings is 4. The number of aromatic amines is 2. The molecule has 12 rings (SSSR count). The fraction of sp³-hybridized carbons (Fsp3) is 0.339. The standard InChI is InChI=1S/C29H25FN6O3.C27H27FN4O4/c30-25-8-4-17(10-24(25)28(37)33-19-15-36(16-19)27-9-5-18(13-31)14-32-27)11-26-23-12-21(39-20-2-1-3-20)6-7-22(23)29(38)35-34-26;28-23-9-4-15(10-22(23)25(33)29-17-13-32(14-17)27(35)16-5-6-16)11-24-21-12-19(36-18-2-1-3-18)7-8-20(21)26(34)31-30-24/h4-10,12,14,19-20H,1-3,11,15-16H2,(H,33,37)(H,35,38);4,7-10,12,16-18H,1-3,5-6,11,13-14H2,(H,29,33)(H,31,34). The number of likely N-dealkylation sites (tertiary alicyclic amines) is 1. The number of aromatic nitrogens is 5. The number of nitriles is 1. The molecule has 0 radical (unpaired) electrons. The van der Waals surface area contributed by atoms with Crippen molar-refractivity contribution in [1.82, 2.24) is 40.9 Å². The summed E-state index contributed by atoms with van der Waals surface area (Å²) in [5.41, 5.74) is 2.36. The van der Waals surface area contributed by atoms with Gasteiger partial charge in [-0.1, -0.05) is 12.1 Å². The molecule has 17 nitrogen and oxygen atoms in total. The summed E-state index contributed by atoms with van der Waals surface area (Å²) in [6, 6.07) is 24.7. The minimum Gasteiger partial charge on any atom is -0.490 e. The van der Waals surface area contributed by atoms with Gasteiger partial charge in [0.05, 0.1) is 63.1 Å². The molecule has 2 saturated heterocycles. The zero-order chi connectivity index (χ0) is 51.7. The third-order valence-corrected chi connectivity index (χ3v) is 14.6. The van der Waals surface area contributed by atoms with Crippen LogP contribution in [-0.4, -0.2) is 98.5 Å². The first-order valence-electron chi connectivity index (χ1n) is 25.4. The SMILES string of the molecule is N#Cc1ccc(N2CC(NC(=O)c3cc(Cc4n[nH]c(=O)c5ccc(OC6CCC6)cc45)ccc3F)C2)nc1.O=C(NC1CN(C(=O)C2CC2)C1)c1cc(Cc2n[nH]c(=O)c3ccc(OC4CCC4)cc23)ccc1F. The highest BCUT2D eigenvalue weighted by molar-refractivity contribution is 5.96. The molecule has 0 atom stereocenters. The summed E-state index contributed by atoms with van der Waals surface area (Å²) < 4.78 is 41.2. The van der Waals surface area contributed by atoms with E-state index in [4.69, 9.17) is 14.7 Å². The summed E-state index contributed by atoms with van der Waals surface area (Å²) in [6.45, 7) is 1.98. The normalized spacial score (nSPS) is 16.6. The van der Waals surface area contributed by atoms with Crippen molar-refractivity contribution in [2.45, 2.75) is 88.5 Å². The number of hydrogen-bond acceptors (Lipinski definition) is 12. The number of carbonyl (C=O) groups excluding carboxylic acids is 3. The Kier molecular flexibility index (Phi) is 13.5. The van der Waals surface area contributed by atoms with Crippen molar-refractivity contribution in [1.29, 1.82) is 5.26 Å². The monoisotopic (exact) mass is 1010 g/mol. The highest BCUT2D eigenvalue weighted by Crippen LogP contribution is 2.33. The molecule has 382 valence electrons. The Morgan fingerprint density at radius 3 is 1.59 bits per heavy atom. The van der Waals surface area contributed by atoms with Crippen LogP contribution < -0.4 is 36.1 Å². The van der Waals surface area contributed by atoms with Crippen molar-refractivity contribution >= 4 is 45.1 Å². The lowest BCUT2D eigenvalue weighted by molar-refractivity contribution is -0.137. The molecule has 7 aromatic rings. The van der Waals surface area contributed by atoms with Crippen LogP contribution in [0.2, 0.25) is 0 Å². The van der Waals surface area contributed by atoms with Gasteiger partial charge in [0.2, 0.25) is 5.91 Å². The van der Waals surface area contributed by atoms with E-state index in [0.29, 0.717) is 100 Å². The van der Waals surface area contributed by atoms with Crippen molar-refractivity contribution in [3.63, 3.8) is 0 Å². The fourth-order valence-electron chi connectivity index (χ4n) is 9.54. The maximum Gasteiger partial charge on any atom is 0.272 e. The molecule has 4 N–H and O–H groups in total. The molecule has 75 heavy (non-hydrogen) atoms. The van der Waals surface area contributed by atoms with Crippen molar-refractivity contribution in [3.05, 3.63) is 163 Å². The number of ether oxygens (including phenoxy) is 2. The molecule has 3 aromatic heterocycles. The molecular weight excluding hydrogens is 963 g/mol. The Morgan fingerprint density at radius 1 is 0.640 bits per heavy atom. The molecule has 3 amide bonds. The Bertz CT molecular complexity index is 3520. The summed E-state index contributed by atoms with van der Waals surface area (Å²) >= 11 is 0. The van der Waals surface area contributed by atoms with E-state index in [1.807, 2.05) is 23.1 Å². The number of hydrogen-bond donors (Lipinski definition) is 4. The fourth-order valence-corrected chi connectivity index (χ4v) is 9.54. The lowest BCUT2D eigenvalue weighted by Crippen LogP contribution is -2.61. The summed E-state index contributed by atoms with van der Waals surface area (Å²) in [4.78, 5) is 70.5. The molecule has 0 spiro atoms. The van der Waals surface area contributed by atoms with E-state index in [1.165, 1.54) is 30.5 Å². The molecule has 0 unspecified atom stereocenters. The highest BCUT2D eigenvalue weighted by atomic mass is 19.1. The Morgan fingerprint density at radius 2 is 1.15 bits per heavy atom. The average Bonchev–Trinajstić information content (AvgIpc) is 4.23. The van der Waals surface area contributed by atoms with Gasteiger partial charge in [-0.2, -0.15) is 15.5 Å². The van der Waals surface area contributed by atoms with E-state index < -0.39 is 23.4 Å². The molecule has 5 fully saturated rings. The van der Waals surface area contributed by atoms with Crippen molar-refractivity contribution < 1.29 is 32.6 Å². The summed E-state index contributed by atoms with van der Waals surface area (Å²) in [7, 11) is 0. The van der Waals surface area contributed by atoms with Gasteiger partial charge in [-0.05, 0) is 135 Å². The van der Waals surface area contributed by atoms with Crippen LogP contribution in [0.4, 0.5) is 14.6 Å². The smallest absolute Gasteiger partial charge is 0.272 e. The van der Waals surface area contributed by atoms with Crippen LogP contribution in [0.3, 0.4) is 0 Å². The maximum absolute atomic E-state index is 14.7. The van der Waals surface area contributed by atoms with Gasteiger partial charge in [-0.25, -0.2) is 24.0 Å². The van der Waals surface area contributed by atoms with Gasteiger partial charge in [0, 0.05) is 61.9 Å². The number of nitrogens with one attached hydrogen (secondary N) is 4. The van der Waals surface area contributed by atoms with E-state index in [9.17, 15) is 32.8 Å². The molecule has 5 heterocycles. The minimum absolute atomic E-state index is 0.0508. The molecule has 4 aromatic carbocycles. The van der Waals surface area contributed by atoms with Gasteiger partial charge in [0.15, 0.2) is 0 Å². The zero-order valence-corrected chi connectivity index (χ0v) is 40.7. The lowest BCUT2D eigenvalue weighted by Gasteiger charge is -2.40. The summed E-state index contributed by atoms with van der Waals surface area (Å²) in [5.74, 6) is 0.157. The number of nitrogens with zero attached hydrogens (tertiary/aromatic N) is 6. The lowest BCUT2D eigenvalue weighted by atomic mass is 9.96. The van der Waals surface area contributed by atoms with E-state index >= 15 is 0 Å². The third-order valence-electron chi connectivity index (χ3n) is 14.6. The molecule has 0 bridgehead atoms. The minimum atomic E-state index is -0.614. The number of pyridine rings is 1. The summed E-state index contributed by atoms with van der Waals surface area (Å²) in [6.07, 6.45) is 10.8. The maximum atomic E-state index is 14.7. The van der Waals surface area contributed by atoms with Gasteiger partial charge in [0.1, 0.15) is 35.0 Å². The first kappa shape index (κ1) is 48.7. The quantitative estimate of drug-likeness (QED) is 0.0928. The van der Waals surface area contributed by atoms with Crippen LogP contribution in [0.1, 0.15) is 100 Å². The number of carbonyl (C=O) groups is 3. The highest BCUT2D eigenvalue weighted by Gasteiger charge is 2.40. The largest absolute Gasteiger partial charge is 0.490 e. The number of anilines is 1. The number of halogens is 2. The van der Waals surface area contributed by atoms with Crippen LogP contribution >= 0.6 is 0 Å². The van der Waals surface area contributed by atoms with Crippen LogP contribution in [0.15, 0.2) is 101 Å². The van der Waals surface area contributed by atoms with Crippen molar-refractivity contribution in [2.24, 2.45) is 5.92 Å². The topological polar surface area (TPSA) is 228 Å². The zero-order valence-electron chi connectivity index (χ0n) is 40.7. The number of rotatable bonds is 14. The van der Waals surface area contributed by atoms with Gasteiger partial charge in [-0.15, -0.1) is 0 Å². The predicted molar refractivity (Wildman–Crippen MR) is 273 cm³/mol. The Hall–Kier alpha value is -8.53.